The molecule has 20 heavy (non-hydrogen) atoms. The van der Waals surface area contributed by atoms with E-state index in [1.54, 1.807) is 0 Å². The number of alkyl halides is 3. The van der Waals surface area contributed by atoms with Gasteiger partial charge >= 0.3 is 6.18 Å². The van der Waals surface area contributed by atoms with E-state index in [0.717, 1.165) is 11.0 Å². The Morgan fingerprint density at radius 3 is 2.45 bits per heavy atom. The molecule has 1 aromatic rings. The van der Waals surface area contributed by atoms with E-state index < -0.39 is 29.4 Å². The minimum atomic E-state index is -4.45. The number of nitrogens with zero attached hydrogens (tertiary/aromatic N) is 2. The van der Waals surface area contributed by atoms with E-state index in [1.807, 2.05) is 0 Å². The van der Waals surface area contributed by atoms with Crippen LogP contribution in [0.3, 0.4) is 0 Å². The first kappa shape index (κ1) is 16.2. The van der Waals surface area contributed by atoms with Gasteiger partial charge in [0.15, 0.2) is 0 Å². The maximum atomic E-state index is 12.5. The summed E-state index contributed by atoms with van der Waals surface area (Å²) < 4.78 is 37.4. The van der Waals surface area contributed by atoms with Crippen LogP contribution < -0.4 is 4.90 Å². The first-order valence-corrected chi connectivity index (χ1v) is 5.93. The highest BCUT2D eigenvalue weighted by molar-refractivity contribution is 5.64. The highest BCUT2D eigenvalue weighted by Crippen LogP contribution is 2.32. The molecular formula is C12H15F3N2O3. The quantitative estimate of drug-likeness (QED) is 0.669. The van der Waals surface area contributed by atoms with E-state index in [9.17, 15) is 28.4 Å². The van der Waals surface area contributed by atoms with Crippen molar-refractivity contribution in [1.82, 2.24) is 0 Å². The number of halogens is 3. The zero-order valence-corrected chi connectivity index (χ0v) is 11.0. The Bertz CT molecular complexity index is 489. The molecule has 1 aromatic carbocycles. The minimum Gasteiger partial charge on any atom is -0.389 e. The lowest BCUT2D eigenvalue weighted by atomic mass is 10.1. The maximum absolute atomic E-state index is 12.5. The van der Waals surface area contributed by atoms with E-state index in [4.69, 9.17) is 0 Å². The minimum absolute atomic E-state index is 0.0195. The molecule has 0 saturated carbocycles. The lowest BCUT2D eigenvalue weighted by molar-refractivity contribution is -0.384. The van der Waals surface area contributed by atoms with Crippen LogP contribution in [0.15, 0.2) is 18.2 Å². The summed E-state index contributed by atoms with van der Waals surface area (Å²) in [6, 6.07) is 3.71. The standard InChI is InChI=1S/C12H15F3N2O3/c1-3-16(7-12(13,14)15)10-5-4-9(8(2)18)6-11(10)17(19)20/h4-6,8,18H,3,7H2,1-2H3/t8-/m0/s1. The SMILES string of the molecule is CCN(CC(F)(F)F)c1ccc([C@H](C)O)cc1[N+](=O)[O-]. The molecule has 1 atom stereocenters. The summed E-state index contributed by atoms with van der Waals surface area (Å²) in [4.78, 5) is 11.1. The fourth-order valence-electron chi connectivity index (χ4n) is 1.80. The van der Waals surface area contributed by atoms with Crippen molar-refractivity contribution in [2.24, 2.45) is 0 Å². The van der Waals surface area contributed by atoms with E-state index in [2.05, 4.69) is 0 Å². The average Bonchev–Trinajstić information content (AvgIpc) is 2.34. The van der Waals surface area contributed by atoms with Crippen LogP contribution in [0.4, 0.5) is 24.5 Å². The van der Waals surface area contributed by atoms with Crippen molar-refractivity contribution in [2.75, 3.05) is 18.0 Å². The van der Waals surface area contributed by atoms with E-state index in [1.165, 1.54) is 26.0 Å². The van der Waals surface area contributed by atoms with Crippen molar-refractivity contribution < 1.29 is 23.2 Å². The van der Waals surface area contributed by atoms with E-state index in [0.29, 0.717) is 0 Å². The molecule has 1 rings (SSSR count). The number of nitro groups is 1. The van der Waals surface area contributed by atoms with Crippen molar-refractivity contribution in [3.05, 3.63) is 33.9 Å². The van der Waals surface area contributed by atoms with Gasteiger partial charge in [0.2, 0.25) is 0 Å². The predicted molar refractivity (Wildman–Crippen MR) is 67.7 cm³/mol. The third-order valence-electron chi connectivity index (χ3n) is 2.77. The van der Waals surface area contributed by atoms with Crippen LogP contribution in [-0.2, 0) is 0 Å². The topological polar surface area (TPSA) is 66.6 Å². The molecule has 1 N–H and O–H groups in total. The largest absolute Gasteiger partial charge is 0.405 e. The first-order chi connectivity index (χ1) is 9.15. The number of aliphatic hydroxyl groups excluding tert-OH is 1. The molecule has 0 spiro atoms. The summed E-state index contributed by atoms with van der Waals surface area (Å²) in [6.45, 7) is 1.62. The smallest absolute Gasteiger partial charge is 0.389 e. The van der Waals surface area contributed by atoms with Crippen LogP contribution in [0.5, 0.6) is 0 Å². The zero-order chi connectivity index (χ0) is 15.5. The lowest BCUT2D eigenvalue weighted by Gasteiger charge is -2.24. The lowest BCUT2D eigenvalue weighted by Crippen LogP contribution is -2.34. The molecule has 0 amide bonds. The van der Waals surface area contributed by atoms with Gasteiger partial charge in [-0.25, -0.2) is 0 Å². The summed E-state index contributed by atoms with van der Waals surface area (Å²) >= 11 is 0. The number of hydrogen-bond donors (Lipinski definition) is 1. The number of benzene rings is 1. The van der Waals surface area contributed by atoms with Crippen LogP contribution in [0.2, 0.25) is 0 Å². The van der Waals surface area contributed by atoms with Crippen LogP contribution in [0.1, 0.15) is 25.5 Å². The molecule has 8 heteroatoms. The normalized spacial score (nSPS) is 13.1. The molecule has 0 aliphatic rings. The Hall–Kier alpha value is -1.83. The summed E-state index contributed by atoms with van der Waals surface area (Å²) in [5.41, 5.74) is -0.280. The molecule has 0 aliphatic carbocycles. The fraction of sp³-hybridized carbons (Fsp3) is 0.500. The molecule has 0 heterocycles. The van der Waals surface area contributed by atoms with Gasteiger partial charge in [-0.15, -0.1) is 0 Å². The highest BCUT2D eigenvalue weighted by atomic mass is 19.4. The van der Waals surface area contributed by atoms with Crippen LogP contribution >= 0.6 is 0 Å². The van der Waals surface area contributed by atoms with Gasteiger partial charge in [0.25, 0.3) is 5.69 Å². The van der Waals surface area contributed by atoms with Gasteiger partial charge < -0.3 is 10.0 Å². The molecule has 0 bridgehead atoms. The van der Waals surface area contributed by atoms with Crippen molar-refractivity contribution in [3.8, 4) is 0 Å². The van der Waals surface area contributed by atoms with Gasteiger partial charge in [0.05, 0.1) is 11.0 Å². The summed E-state index contributed by atoms with van der Waals surface area (Å²) in [5, 5.41) is 20.4. The number of nitro benzene ring substituents is 1. The molecule has 0 unspecified atom stereocenters. The van der Waals surface area contributed by atoms with Crippen molar-refractivity contribution in [2.45, 2.75) is 26.1 Å². The van der Waals surface area contributed by atoms with Gasteiger partial charge in [-0.2, -0.15) is 13.2 Å². The Labute approximate surface area is 113 Å². The third-order valence-corrected chi connectivity index (χ3v) is 2.77. The van der Waals surface area contributed by atoms with Gasteiger partial charge in [-0.3, -0.25) is 10.1 Å². The molecule has 0 fully saturated rings. The number of aliphatic hydroxyl groups is 1. The van der Waals surface area contributed by atoms with E-state index in [-0.39, 0.29) is 17.8 Å². The number of rotatable bonds is 5. The predicted octanol–water partition coefficient (Wildman–Crippen LogP) is 3.04. The average molecular weight is 292 g/mol. The molecule has 5 nitrogen and oxygen atoms in total. The second-order valence-corrected chi connectivity index (χ2v) is 4.31. The summed E-state index contributed by atoms with van der Waals surface area (Å²) in [7, 11) is 0. The molecule has 0 radical (unpaired) electrons. The van der Waals surface area contributed by atoms with E-state index >= 15 is 0 Å². The van der Waals surface area contributed by atoms with Gasteiger partial charge in [-0.1, -0.05) is 6.07 Å². The Balaban J connectivity index is 3.24. The Kier molecular flexibility index (Phi) is 4.93. The number of hydrogen-bond acceptors (Lipinski definition) is 4. The van der Waals surface area contributed by atoms with Crippen molar-refractivity contribution >= 4 is 11.4 Å². The third kappa shape index (κ3) is 4.09. The highest BCUT2D eigenvalue weighted by Gasteiger charge is 2.32. The van der Waals surface area contributed by atoms with Crippen molar-refractivity contribution in [3.63, 3.8) is 0 Å². The van der Waals surface area contributed by atoms with Crippen LogP contribution in [0.25, 0.3) is 0 Å². The molecule has 0 aromatic heterocycles. The zero-order valence-electron chi connectivity index (χ0n) is 11.0. The molecule has 112 valence electrons. The molecule has 0 saturated heterocycles. The summed E-state index contributed by atoms with van der Waals surface area (Å²) in [5.74, 6) is 0. The van der Waals surface area contributed by atoms with Crippen LogP contribution in [0, 0.1) is 10.1 Å². The summed E-state index contributed by atoms with van der Waals surface area (Å²) in [6.07, 6.45) is -5.38. The molecular weight excluding hydrogens is 277 g/mol. The first-order valence-electron chi connectivity index (χ1n) is 5.93. The number of anilines is 1. The van der Waals surface area contributed by atoms with Crippen molar-refractivity contribution in [1.29, 1.82) is 0 Å². The van der Waals surface area contributed by atoms with Gasteiger partial charge in [-0.05, 0) is 25.5 Å². The van der Waals surface area contributed by atoms with Crippen LogP contribution in [-0.4, -0.2) is 29.3 Å². The fourth-order valence-corrected chi connectivity index (χ4v) is 1.80. The monoisotopic (exact) mass is 292 g/mol. The van der Waals surface area contributed by atoms with Gasteiger partial charge in [0, 0.05) is 12.6 Å². The van der Waals surface area contributed by atoms with Gasteiger partial charge in [0.1, 0.15) is 12.2 Å². The second-order valence-electron chi connectivity index (χ2n) is 4.31. The Morgan fingerprint density at radius 1 is 1.45 bits per heavy atom. The Morgan fingerprint density at radius 2 is 2.05 bits per heavy atom. The second kappa shape index (κ2) is 6.08. The molecule has 0 aliphatic heterocycles. The maximum Gasteiger partial charge on any atom is 0.405 e.